The number of ether oxygens (including phenoxy) is 2. The van der Waals surface area contributed by atoms with Gasteiger partial charge >= 0.3 is 0 Å². The van der Waals surface area contributed by atoms with Crippen LogP contribution in [0.5, 0.6) is 11.5 Å². The molecule has 1 fully saturated rings. The number of benzene rings is 1. The molecule has 0 unspecified atom stereocenters. The first-order chi connectivity index (χ1) is 9.67. The number of hydrogen-bond donors (Lipinski definition) is 1. The first kappa shape index (κ1) is 11.9. The molecule has 1 aromatic heterocycles. The Balaban J connectivity index is 1.78. The average Bonchev–Trinajstić information content (AvgIpc) is 3.10. The van der Waals surface area contributed by atoms with Gasteiger partial charge in [0.1, 0.15) is 0 Å². The van der Waals surface area contributed by atoms with Crippen molar-refractivity contribution in [1.29, 1.82) is 0 Å². The van der Waals surface area contributed by atoms with Gasteiger partial charge in [-0.05, 0) is 18.9 Å². The van der Waals surface area contributed by atoms with Gasteiger partial charge in [-0.1, -0.05) is 16.8 Å². The molecule has 2 aromatic rings. The molecule has 1 saturated carbocycles. The molecule has 2 heterocycles. The molecule has 0 bridgehead atoms. The zero-order valence-electron chi connectivity index (χ0n) is 10.7. The Morgan fingerprint density at radius 2 is 1.80 bits per heavy atom. The minimum atomic E-state index is -0.496. The third-order valence-corrected chi connectivity index (χ3v) is 4.19. The number of nitrogens with two attached hydrogens (primary N) is 1. The smallest absolute Gasteiger partial charge is 0.251 e. The minimum Gasteiger partial charge on any atom is -0.448 e. The lowest BCUT2D eigenvalue weighted by atomic mass is 10.1. The van der Waals surface area contributed by atoms with Crippen LogP contribution < -0.4 is 15.2 Å². The van der Waals surface area contributed by atoms with E-state index < -0.39 is 5.79 Å². The second kappa shape index (κ2) is 4.06. The Kier molecular flexibility index (Phi) is 2.41. The molecule has 2 N–H and O–H groups in total. The minimum absolute atomic E-state index is 0.237. The van der Waals surface area contributed by atoms with Crippen LogP contribution in [0.1, 0.15) is 25.7 Å². The SMILES string of the molecule is Nc1oncc1-c1cc2c(cc1Cl)OC1(CCCC1)O2. The summed E-state index contributed by atoms with van der Waals surface area (Å²) in [6.45, 7) is 0. The molecule has 0 amide bonds. The van der Waals surface area contributed by atoms with Crippen molar-refractivity contribution in [3.8, 4) is 22.6 Å². The lowest BCUT2D eigenvalue weighted by molar-refractivity contribution is -0.0716. The van der Waals surface area contributed by atoms with E-state index in [1.807, 2.05) is 6.07 Å². The summed E-state index contributed by atoms with van der Waals surface area (Å²) < 4.78 is 16.9. The van der Waals surface area contributed by atoms with Crippen LogP contribution >= 0.6 is 11.6 Å². The van der Waals surface area contributed by atoms with Crippen molar-refractivity contribution < 1.29 is 14.0 Å². The van der Waals surface area contributed by atoms with E-state index in [0.717, 1.165) is 31.2 Å². The zero-order chi connectivity index (χ0) is 13.7. The standard InChI is InChI=1S/C14H13ClN2O3/c15-10-6-12-11(18-14(19-12)3-1-2-4-14)5-8(10)9-7-17-20-13(9)16/h5-7H,1-4,16H2. The Morgan fingerprint density at radius 3 is 2.45 bits per heavy atom. The molecule has 2 aliphatic rings. The second-order valence-electron chi connectivity index (χ2n) is 5.20. The van der Waals surface area contributed by atoms with Crippen LogP contribution in [0.3, 0.4) is 0 Å². The largest absolute Gasteiger partial charge is 0.448 e. The van der Waals surface area contributed by atoms with Crippen molar-refractivity contribution in [2.24, 2.45) is 0 Å². The highest BCUT2D eigenvalue weighted by molar-refractivity contribution is 6.33. The number of fused-ring (bicyclic) bond motifs is 1. The van der Waals surface area contributed by atoms with Gasteiger partial charge in [0, 0.05) is 24.5 Å². The fourth-order valence-electron chi connectivity index (χ4n) is 2.89. The number of hydrogen-bond acceptors (Lipinski definition) is 5. The van der Waals surface area contributed by atoms with E-state index in [0.29, 0.717) is 22.1 Å². The van der Waals surface area contributed by atoms with Crippen LogP contribution in [0.2, 0.25) is 5.02 Å². The molecule has 5 nitrogen and oxygen atoms in total. The Bertz CT molecular complexity index is 677. The Morgan fingerprint density at radius 1 is 1.10 bits per heavy atom. The molecule has 20 heavy (non-hydrogen) atoms. The maximum atomic E-state index is 6.31. The molecule has 0 saturated heterocycles. The Labute approximate surface area is 120 Å². The summed E-state index contributed by atoms with van der Waals surface area (Å²) >= 11 is 6.31. The molecule has 1 spiro atoms. The van der Waals surface area contributed by atoms with Gasteiger partial charge in [0.05, 0.1) is 16.8 Å². The highest BCUT2D eigenvalue weighted by Crippen LogP contribution is 2.50. The zero-order valence-corrected chi connectivity index (χ0v) is 11.4. The number of nitrogen functional groups attached to an aromatic ring is 1. The van der Waals surface area contributed by atoms with Gasteiger partial charge in [0.2, 0.25) is 5.88 Å². The summed E-state index contributed by atoms with van der Waals surface area (Å²) in [4.78, 5) is 0. The molecule has 0 atom stereocenters. The molecule has 4 rings (SSSR count). The van der Waals surface area contributed by atoms with Crippen LogP contribution in [0.4, 0.5) is 5.88 Å². The van der Waals surface area contributed by atoms with E-state index >= 15 is 0 Å². The average molecular weight is 293 g/mol. The first-order valence-electron chi connectivity index (χ1n) is 6.59. The van der Waals surface area contributed by atoms with Gasteiger partial charge in [0.25, 0.3) is 5.79 Å². The Hall–Kier alpha value is -1.88. The molecule has 104 valence electrons. The summed E-state index contributed by atoms with van der Waals surface area (Å²) in [7, 11) is 0. The summed E-state index contributed by atoms with van der Waals surface area (Å²) in [6, 6.07) is 3.61. The third kappa shape index (κ3) is 1.66. The first-order valence-corrected chi connectivity index (χ1v) is 6.97. The molecular formula is C14H13ClN2O3. The number of rotatable bonds is 1. The van der Waals surface area contributed by atoms with Crippen molar-refractivity contribution in [3.05, 3.63) is 23.4 Å². The fourth-order valence-corrected chi connectivity index (χ4v) is 3.15. The molecule has 1 aliphatic heterocycles. The van der Waals surface area contributed by atoms with E-state index in [1.54, 1.807) is 12.3 Å². The van der Waals surface area contributed by atoms with Crippen LogP contribution in [-0.2, 0) is 0 Å². The summed E-state index contributed by atoms with van der Waals surface area (Å²) in [5, 5.41) is 4.21. The predicted molar refractivity (Wildman–Crippen MR) is 73.8 cm³/mol. The van der Waals surface area contributed by atoms with Crippen molar-refractivity contribution in [1.82, 2.24) is 5.16 Å². The van der Waals surface area contributed by atoms with E-state index in [4.69, 9.17) is 31.3 Å². The van der Waals surface area contributed by atoms with E-state index in [1.165, 1.54) is 0 Å². The molecular weight excluding hydrogens is 280 g/mol. The van der Waals surface area contributed by atoms with Crippen molar-refractivity contribution >= 4 is 17.5 Å². The highest BCUT2D eigenvalue weighted by atomic mass is 35.5. The topological polar surface area (TPSA) is 70.5 Å². The maximum Gasteiger partial charge on any atom is 0.251 e. The number of halogens is 1. The number of aromatic nitrogens is 1. The summed E-state index contributed by atoms with van der Waals surface area (Å²) in [6.07, 6.45) is 5.60. The molecule has 6 heteroatoms. The van der Waals surface area contributed by atoms with Gasteiger partial charge in [-0.15, -0.1) is 0 Å². The summed E-state index contributed by atoms with van der Waals surface area (Å²) in [5.74, 6) is 1.13. The van der Waals surface area contributed by atoms with Crippen LogP contribution in [0.25, 0.3) is 11.1 Å². The van der Waals surface area contributed by atoms with Crippen LogP contribution in [0, 0.1) is 0 Å². The fraction of sp³-hybridized carbons (Fsp3) is 0.357. The summed E-state index contributed by atoms with van der Waals surface area (Å²) in [5.41, 5.74) is 7.14. The van der Waals surface area contributed by atoms with Crippen LogP contribution in [0.15, 0.2) is 22.9 Å². The van der Waals surface area contributed by atoms with Crippen molar-refractivity contribution in [3.63, 3.8) is 0 Å². The van der Waals surface area contributed by atoms with Gasteiger partial charge in [-0.25, -0.2) is 0 Å². The molecule has 1 aromatic carbocycles. The third-order valence-electron chi connectivity index (χ3n) is 3.88. The lowest BCUT2D eigenvalue weighted by Gasteiger charge is -2.21. The van der Waals surface area contributed by atoms with Gasteiger partial charge in [-0.2, -0.15) is 0 Å². The predicted octanol–water partition coefficient (Wildman–Crippen LogP) is 3.62. The molecule has 1 aliphatic carbocycles. The van der Waals surface area contributed by atoms with E-state index in [2.05, 4.69) is 5.16 Å². The normalized spacial score (nSPS) is 18.9. The van der Waals surface area contributed by atoms with Gasteiger partial charge in [-0.3, -0.25) is 0 Å². The van der Waals surface area contributed by atoms with Crippen LogP contribution in [-0.4, -0.2) is 10.9 Å². The number of anilines is 1. The van der Waals surface area contributed by atoms with E-state index in [-0.39, 0.29) is 5.88 Å². The van der Waals surface area contributed by atoms with Crippen molar-refractivity contribution in [2.45, 2.75) is 31.5 Å². The monoisotopic (exact) mass is 292 g/mol. The molecule has 0 radical (unpaired) electrons. The highest BCUT2D eigenvalue weighted by Gasteiger charge is 2.44. The van der Waals surface area contributed by atoms with Gasteiger partial charge < -0.3 is 19.7 Å². The second-order valence-corrected chi connectivity index (χ2v) is 5.61. The lowest BCUT2D eigenvalue weighted by Crippen LogP contribution is -2.34. The van der Waals surface area contributed by atoms with Crippen molar-refractivity contribution in [2.75, 3.05) is 5.73 Å². The number of nitrogens with zero attached hydrogens (tertiary/aromatic N) is 1. The quantitative estimate of drug-likeness (QED) is 0.869. The maximum absolute atomic E-state index is 6.31. The van der Waals surface area contributed by atoms with Gasteiger partial charge in [0.15, 0.2) is 11.5 Å². The van der Waals surface area contributed by atoms with E-state index in [9.17, 15) is 0 Å².